The molecule has 0 aromatic heterocycles. The van der Waals surface area contributed by atoms with Crippen molar-refractivity contribution in [1.82, 2.24) is 9.21 Å². The number of carbonyl (C=O) groups is 3. The molecule has 1 fully saturated rings. The van der Waals surface area contributed by atoms with Crippen LogP contribution in [0.2, 0.25) is 0 Å². The number of carbonyl (C=O) groups excluding carboxylic acids is 3. The van der Waals surface area contributed by atoms with Gasteiger partial charge in [-0.1, -0.05) is 38.1 Å². The zero-order valence-electron chi connectivity index (χ0n) is 18.2. The van der Waals surface area contributed by atoms with E-state index in [0.29, 0.717) is 61.3 Å². The van der Waals surface area contributed by atoms with Crippen LogP contribution in [0.15, 0.2) is 42.5 Å². The Hall–Kier alpha value is -2.84. The van der Waals surface area contributed by atoms with Gasteiger partial charge in [0.05, 0.1) is 5.25 Å². The average Bonchev–Trinajstić information content (AvgIpc) is 2.82. The maximum atomic E-state index is 13.1. The number of sulfonamides is 1. The molecule has 8 heteroatoms. The summed E-state index contributed by atoms with van der Waals surface area (Å²) in [5, 5.41) is -0.495. The van der Waals surface area contributed by atoms with Gasteiger partial charge >= 0.3 is 0 Å². The van der Waals surface area contributed by atoms with Crippen molar-refractivity contribution in [2.75, 3.05) is 26.2 Å². The minimum atomic E-state index is -3.38. The van der Waals surface area contributed by atoms with E-state index in [1.54, 1.807) is 35.2 Å². The number of hydrogen-bond acceptors (Lipinski definition) is 5. The van der Waals surface area contributed by atoms with Crippen molar-refractivity contribution >= 4 is 27.5 Å². The van der Waals surface area contributed by atoms with Crippen LogP contribution in [-0.4, -0.2) is 66.5 Å². The topological polar surface area (TPSA) is 91.8 Å². The maximum absolute atomic E-state index is 13.1. The first-order valence-electron chi connectivity index (χ1n) is 10.9. The Bertz CT molecular complexity index is 1190. The average molecular weight is 455 g/mol. The molecule has 2 aromatic carbocycles. The lowest BCUT2D eigenvalue weighted by Gasteiger charge is -2.34. The second-order valence-corrected chi connectivity index (χ2v) is 10.3. The molecular weight excluding hydrogens is 428 g/mol. The summed E-state index contributed by atoms with van der Waals surface area (Å²) in [6.07, 6.45) is 0.751. The fourth-order valence-corrected chi connectivity index (χ4v) is 6.51. The van der Waals surface area contributed by atoms with Gasteiger partial charge in [-0.15, -0.1) is 0 Å². The summed E-state index contributed by atoms with van der Waals surface area (Å²) in [5.41, 5.74) is 1.58. The molecule has 32 heavy (non-hydrogen) atoms. The standard InChI is InChI=1S/C24H26N2O5S/c1-3-26(4-2)32(30,31)17-11-13-25(14-12-17)24(29)16-9-10-20-21(15-16)23(28)19-8-6-5-7-18(19)22(20)27/h5-10,15,17H,3-4,11-14H2,1-2H3. The van der Waals surface area contributed by atoms with E-state index in [0.717, 1.165) is 0 Å². The molecule has 0 N–H and O–H groups in total. The first-order chi connectivity index (χ1) is 15.3. The van der Waals surface area contributed by atoms with Gasteiger partial charge in [-0.25, -0.2) is 12.7 Å². The van der Waals surface area contributed by atoms with Crippen LogP contribution < -0.4 is 0 Å². The summed E-state index contributed by atoms with van der Waals surface area (Å²) in [6.45, 7) is 5.17. The van der Waals surface area contributed by atoms with Gasteiger partial charge in [0.2, 0.25) is 10.0 Å². The van der Waals surface area contributed by atoms with E-state index in [2.05, 4.69) is 0 Å². The second-order valence-electron chi connectivity index (χ2n) is 8.08. The highest BCUT2D eigenvalue weighted by Gasteiger charge is 2.35. The first kappa shape index (κ1) is 22.4. The molecule has 7 nitrogen and oxygen atoms in total. The fourth-order valence-electron chi connectivity index (χ4n) is 4.57. The van der Waals surface area contributed by atoms with Crippen molar-refractivity contribution in [2.24, 2.45) is 0 Å². The summed E-state index contributed by atoms with van der Waals surface area (Å²) in [6, 6.07) is 11.3. The number of benzene rings is 2. The lowest BCUT2D eigenvalue weighted by Crippen LogP contribution is -2.46. The zero-order valence-corrected chi connectivity index (χ0v) is 19.0. The van der Waals surface area contributed by atoms with Gasteiger partial charge in [0, 0.05) is 54.0 Å². The number of nitrogens with zero attached hydrogens (tertiary/aromatic N) is 2. The summed E-state index contributed by atoms with van der Waals surface area (Å²) < 4.78 is 27.0. The molecule has 0 spiro atoms. The summed E-state index contributed by atoms with van der Waals surface area (Å²) in [7, 11) is -3.38. The van der Waals surface area contributed by atoms with E-state index in [-0.39, 0.29) is 23.0 Å². The third-order valence-corrected chi connectivity index (χ3v) is 8.94. The minimum Gasteiger partial charge on any atom is -0.339 e. The van der Waals surface area contributed by atoms with E-state index in [9.17, 15) is 22.8 Å². The van der Waals surface area contributed by atoms with Crippen molar-refractivity contribution in [1.29, 1.82) is 0 Å². The molecule has 0 unspecified atom stereocenters. The third kappa shape index (κ3) is 3.67. The zero-order chi connectivity index (χ0) is 23.0. The number of hydrogen-bond donors (Lipinski definition) is 0. The number of piperidine rings is 1. The van der Waals surface area contributed by atoms with Crippen molar-refractivity contribution in [3.8, 4) is 0 Å². The molecule has 1 aliphatic carbocycles. The van der Waals surface area contributed by atoms with Crippen LogP contribution in [0.1, 0.15) is 68.9 Å². The summed E-state index contributed by atoms with van der Waals surface area (Å²) in [4.78, 5) is 40.4. The predicted octanol–water partition coefficient (Wildman–Crippen LogP) is 2.74. The Morgan fingerprint density at radius 1 is 0.906 bits per heavy atom. The molecule has 4 rings (SSSR count). The quantitative estimate of drug-likeness (QED) is 0.591. The van der Waals surface area contributed by atoms with E-state index in [1.807, 2.05) is 13.8 Å². The van der Waals surface area contributed by atoms with Gasteiger partial charge in [0.15, 0.2) is 11.6 Å². The molecule has 0 atom stereocenters. The second kappa shape index (κ2) is 8.60. The first-order valence-corrected chi connectivity index (χ1v) is 12.4. The van der Waals surface area contributed by atoms with Gasteiger partial charge in [0.25, 0.3) is 5.91 Å². The van der Waals surface area contributed by atoms with Gasteiger partial charge in [-0.3, -0.25) is 14.4 Å². The maximum Gasteiger partial charge on any atom is 0.253 e. The lowest BCUT2D eigenvalue weighted by atomic mass is 9.83. The van der Waals surface area contributed by atoms with Crippen LogP contribution in [0.4, 0.5) is 0 Å². The molecule has 1 heterocycles. The lowest BCUT2D eigenvalue weighted by molar-refractivity contribution is 0.0724. The highest BCUT2D eigenvalue weighted by molar-refractivity contribution is 7.89. The molecule has 2 aromatic rings. The summed E-state index contributed by atoms with van der Waals surface area (Å²) >= 11 is 0. The molecule has 1 aliphatic heterocycles. The number of amides is 1. The normalized spacial score (nSPS) is 16.8. The van der Waals surface area contributed by atoms with Crippen molar-refractivity contribution in [3.63, 3.8) is 0 Å². The predicted molar refractivity (Wildman–Crippen MR) is 121 cm³/mol. The van der Waals surface area contributed by atoms with Gasteiger partial charge in [-0.05, 0) is 31.0 Å². The minimum absolute atomic E-state index is 0.225. The van der Waals surface area contributed by atoms with Crippen LogP contribution in [0.3, 0.4) is 0 Å². The van der Waals surface area contributed by atoms with Crippen LogP contribution >= 0.6 is 0 Å². The molecule has 0 bridgehead atoms. The molecule has 1 saturated heterocycles. The number of fused-ring (bicyclic) bond motifs is 2. The molecule has 1 amide bonds. The van der Waals surface area contributed by atoms with E-state index >= 15 is 0 Å². The summed E-state index contributed by atoms with van der Waals surface area (Å²) in [5.74, 6) is -0.754. The monoisotopic (exact) mass is 454 g/mol. The Labute approximate surface area is 188 Å². The van der Waals surface area contributed by atoms with E-state index in [1.165, 1.54) is 16.4 Å². The molecule has 168 valence electrons. The largest absolute Gasteiger partial charge is 0.339 e. The Morgan fingerprint density at radius 2 is 1.44 bits per heavy atom. The number of rotatable bonds is 5. The highest BCUT2D eigenvalue weighted by Crippen LogP contribution is 2.29. The highest BCUT2D eigenvalue weighted by atomic mass is 32.2. The third-order valence-electron chi connectivity index (χ3n) is 6.39. The molecule has 0 radical (unpaired) electrons. The van der Waals surface area contributed by atoms with Crippen LogP contribution in [0.25, 0.3) is 0 Å². The van der Waals surface area contributed by atoms with Gasteiger partial charge in [0.1, 0.15) is 0 Å². The van der Waals surface area contributed by atoms with Crippen molar-refractivity contribution in [3.05, 3.63) is 70.3 Å². The molecule has 2 aliphatic rings. The Morgan fingerprint density at radius 3 is 2.00 bits per heavy atom. The van der Waals surface area contributed by atoms with Gasteiger partial charge in [-0.2, -0.15) is 0 Å². The number of ketones is 2. The van der Waals surface area contributed by atoms with Crippen LogP contribution in [0, 0.1) is 0 Å². The fraction of sp³-hybridized carbons (Fsp3) is 0.375. The Balaban J connectivity index is 1.52. The smallest absolute Gasteiger partial charge is 0.253 e. The van der Waals surface area contributed by atoms with Crippen molar-refractivity contribution in [2.45, 2.75) is 31.9 Å². The number of likely N-dealkylation sites (tertiary alicyclic amines) is 1. The molecule has 0 saturated carbocycles. The van der Waals surface area contributed by atoms with E-state index < -0.39 is 15.3 Å². The van der Waals surface area contributed by atoms with Gasteiger partial charge < -0.3 is 4.90 Å². The molecular formula is C24H26N2O5S. The van der Waals surface area contributed by atoms with Crippen LogP contribution in [0.5, 0.6) is 0 Å². The van der Waals surface area contributed by atoms with E-state index in [4.69, 9.17) is 0 Å². The SMILES string of the molecule is CCN(CC)S(=O)(=O)C1CCN(C(=O)c2ccc3c(c2)C(=O)c2ccccc2C3=O)CC1. The Kier molecular flexibility index (Phi) is 6.01. The van der Waals surface area contributed by atoms with Crippen molar-refractivity contribution < 1.29 is 22.8 Å². The van der Waals surface area contributed by atoms with Crippen LogP contribution in [-0.2, 0) is 10.0 Å².